The van der Waals surface area contributed by atoms with Crippen molar-refractivity contribution in [2.75, 3.05) is 39.3 Å². The third-order valence-electron chi connectivity index (χ3n) is 11.8. The lowest BCUT2D eigenvalue weighted by molar-refractivity contribution is -0.147. The van der Waals surface area contributed by atoms with Crippen LogP contribution >= 0.6 is 0 Å². The van der Waals surface area contributed by atoms with Gasteiger partial charge in [-0.3, -0.25) is 43.3 Å². The minimum absolute atomic E-state index is 0.0128. The number of carbonyl (C=O) groups is 9. The Balaban J connectivity index is 0.00000249. The van der Waals surface area contributed by atoms with E-state index in [4.69, 9.17) is 27.1 Å². The maximum absolute atomic E-state index is 13.8. The molecular weight excluding hydrogens is 899 g/mol. The second-order valence-corrected chi connectivity index (χ2v) is 17.0. The van der Waals surface area contributed by atoms with Gasteiger partial charge in [0, 0.05) is 45.9 Å². The summed E-state index contributed by atoms with van der Waals surface area (Å²) in [4.78, 5) is 124. The number of nitrogens with zero attached hydrogens (tertiary/aromatic N) is 4. The fraction of sp³-hybridized carbons (Fsp3) is 0.522. The lowest BCUT2D eigenvalue weighted by atomic mass is 10.0. The van der Waals surface area contributed by atoms with Crippen LogP contribution in [0.4, 0.5) is 0 Å². The summed E-state index contributed by atoms with van der Waals surface area (Å²) < 4.78 is 0. The van der Waals surface area contributed by atoms with E-state index in [1.165, 1.54) is 14.7 Å². The number of likely N-dealkylation sites (tertiary alicyclic amines) is 3. The van der Waals surface area contributed by atoms with Crippen molar-refractivity contribution in [3.8, 4) is 0 Å². The highest BCUT2D eigenvalue weighted by molar-refractivity contribution is 5.97. The number of amides is 7. The van der Waals surface area contributed by atoms with Crippen LogP contribution in [0, 0.1) is 0 Å². The van der Waals surface area contributed by atoms with Gasteiger partial charge in [0.05, 0.1) is 19.2 Å². The molecule has 0 bridgehead atoms. The zero-order valence-electron chi connectivity index (χ0n) is 38.7. The van der Waals surface area contributed by atoms with Crippen LogP contribution in [0.2, 0.25) is 0 Å². The van der Waals surface area contributed by atoms with Gasteiger partial charge in [0.15, 0.2) is 5.96 Å². The number of aliphatic carboxylic acids is 2. The van der Waals surface area contributed by atoms with Gasteiger partial charge in [-0.25, -0.2) is 4.79 Å². The highest BCUT2D eigenvalue weighted by Gasteiger charge is 2.43. The van der Waals surface area contributed by atoms with Crippen molar-refractivity contribution in [2.45, 2.75) is 113 Å². The van der Waals surface area contributed by atoms with Crippen molar-refractivity contribution >= 4 is 59.2 Å². The molecule has 2 aromatic rings. The van der Waals surface area contributed by atoms with Gasteiger partial charge in [-0.15, -0.1) is 0 Å². The number of nitrogens with one attached hydrogen (secondary N) is 4. The number of aliphatic hydroxyl groups excluding tert-OH is 1. The first-order valence-corrected chi connectivity index (χ1v) is 22.9. The number of guanidine groups is 1. The second kappa shape index (κ2) is 27.0. The minimum Gasteiger partial charge on any atom is -0.481 e. The van der Waals surface area contributed by atoms with Gasteiger partial charge in [-0.05, 0) is 62.5 Å². The third-order valence-corrected chi connectivity index (χ3v) is 11.8. The fourth-order valence-electron chi connectivity index (χ4n) is 8.51. The van der Waals surface area contributed by atoms with Crippen LogP contribution in [0.3, 0.4) is 0 Å². The summed E-state index contributed by atoms with van der Waals surface area (Å²) in [7, 11) is 0. The Morgan fingerprint density at radius 1 is 0.681 bits per heavy atom. The standard InChI is InChI=1S/C44H61N11O10.C2H4O2/c45-29(15-7-19-48-44(46)47)40(61)55-22-10-18-35(55)42(63)54-21-8-16-33(54)38(59)49-25-36(57)50-30(23-27-11-3-1-4-12-27)37(58)52-32(26-56)41(62)53-20-9-17-34(53)39(60)51-31(43(64)65)24-28-13-5-2-6-14-28;1-2(3)4/h1-6,11-14,29-35,56H,7-10,15-26,45H2,(H,49,59)(H,50,57)(H,51,60)(H,52,58)(H,64,65)(H4,46,47,48);1H3,(H,3,4)/t29-,30-,31-,32-,33-,34-,35-;/m0./s1. The van der Waals surface area contributed by atoms with E-state index >= 15 is 0 Å². The van der Waals surface area contributed by atoms with Gasteiger partial charge in [0.25, 0.3) is 5.97 Å². The predicted octanol–water partition coefficient (Wildman–Crippen LogP) is -2.44. The van der Waals surface area contributed by atoms with Gasteiger partial charge < -0.3 is 68.5 Å². The van der Waals surface area contributed by atoms with E-state index < -0.39 is 96.9 Å². The molecule has 2 aromatic carbocycles. The second-order valence-electron chi connectivity index (χ2n) is 17.0. The van der Waals surface area contributed by atoms with Crippen LogP contribution < -0.4 is 38.5 Å². The number of carbonyl (C=O) groups excluding carboxylic acids is 7. The van der Waals surface area contributed by atoms with Gasteiger partial charge in [0.1, 0.15) is 36.3 Å². The number of rotatable bonds is 21. The molecule has 23 nitrogen and oxygen atoms in total. The van der Waals surface area contributed by atoms with E-state index in [0.29, 0.717) is 69.2 Å². The van der Waals surface area contributed by atoms with E-state index in [0.717, 1.165) is 6.92 Å². The summed E-state index contributed by atoms with van der Waals surface area (Å²) in [6, 6.07) is 9.74. The predicted molar refractivity (Wildman–Crippen MR) is 249 cm³/mol. The highest BCUT2D eigenvalue weighted by atomic mass is 16.4. The Bertz CT molecular complexity index is 2140. The van der Waals surface area contributed by atoms with Crippen molar-refractivity contribution in [1.29, 1.82) is 0 Å². The van der Waals surface area contributed by atoms with Crippen molar-refractivity contribution in [2.24, 2.45) is 22.2 Å². The smallest absolute Gasteiger partial charge is 0.326 e. The highest BCUT2D eigenvalue weighted by Crippen LogP contribution is 2.26. The monoisotopic (exact) mass is 963 g/mol. The van der Waals surface area contributed by atoms with Crippen LogP contribution in [0.5, 0.6) is 0 Å². The van der Waals surface area contributed by atoms with E-state index in [-0.39, 0.29) is 50.1 Å². The molecule has 7 amide bonds. The first-order chi connectivity index (χ1) is 32.9. The Morgan fingerprint density at radius 3 is 1.72 bits per heavy atom. The fourth-order valence-corrected chi connectivity index (χ4v) is 8.51. The minimum atomic E-state index is -1.52. The average Bonchev–Trinajstić information content (AvgIpc) is 4.13. The quantitative estimate of drug-likeness (QED) is 0.0353. The van der Waals surface area contributed by atoms with Crippen LogP contribution in [-0.2, 0) is 56.0 Å². The number of nitrogens with two attached hydrogens (primary N) is 3. The molecule has 13 N–H and O–H groups in total. The number of aliphatic hydroxyl groups is 1. The SMILES string of the molecule is CC(=O)O.NC(N)=NCCC[C@H](N)C(=O)N1CCC[C@H]1C(=O)N1CCC[C@H]1C(=O)NCC(=O)N[C@@H](Cc1ccccc1)C(=O)N[C@@H](CO)C(=O)N1CCC[C@H]1C(=O)N[C@@H](Cc1ccccc1)C(=O)O. The number of hydrogen-bond donors (Lipinski definition) is 10. The molecule has 0 unspecified atom stereocenters. The van der Waals surface area contributed by atoms with E-state index in [9.17, 15) is 48.6 Å². The zero-order chi connectivity index (χ0) is 50.6. The number of hydrogen-bond acceptors (Lipinski definition) is 12. The summed E-state index contributed by atoms with van der Waals surface area (Å²) in [5, 5.41) is 37.8. The maximum Gasteiger partial charge on any atom is 0.326 e. The van der Waals surface area contributed by atoms with Crippen LogP contribution in [0.25, 0.3) is 0 Å². The zero-order valence-corrected chi connectivity index (χ0v) is 38.7. The molecular formula is C46H65N11O12. The molecule has 69 heavy (non-hydrogen) atoms. The first kappa shape index (κ1) is 54.5. The lowest BCUT2D eigenvalue weighted by Crippen LogP contribution is -2.59. The topological polar surface area (TPSA) is 363 Å². The molecule has 3 heterocycles. The molecule has 0 aromatic heterocycles. The molecule has 3 aliphatic rings. The van der Waals surface area contributed by atoms with Crippen LogP contribution in [-0.4, -0.2) is 171 Å². The number of carboxylic acids is 2. The Hall–Kier alpha value is -7.14. The summed E-state index contributed by atoms with van der Waals surface area (Å²) in [5.74, 6) is -6.54. The Morgan fingerprint density at radius 2 is 1.19 bits per heavy atom. The van der Waals surface area contributed by atoms with Crippen molar-refractivity contribution in [3.05, 3.63) is 71.8 Å². The maximum atomic E-state index is 13.8. The van der Waals surface area contributed by atoms with Gasteiger partial charge in [-0.2, -0.15) is 0 Å². The molecule has 3 fully saturated rings. The first-order valence-electron chi connectivity index (χ1n) is 22.9. The van der Waals surface area contributed by atoms with Crippen molar-refractivity contribution in [3.63, 3.8) is 0 Å². The molecule has 0 aliphatic carbocycles. The van der Waals surface area contributed by atoms with Gasteiger partial charge >= 0.3 is 5.97 Å². The van der Waals surface area contributed by atoms with Crippen molar-refractivity contribution < 1.29 is 58.5 Å². The normalized spacial score (nSPS) is 19.1. The lowest BCUT2D eigenvalue weighted by Gasteiger charge is -2.32. The largest absolute Gasteiger partial charge is 0.481 e. The van der Waals surface area contributed by atoms with Crippen LogP contribution in [0.15, 0.2) is 65.7 Å². The summed E-state index contributed by atoms with van der Waals surface area (Å²) in [6.45, 7) is 0.705. The molecule has 0 radical (unpaired) electrons. The van der Waals surface area contributed by atoms with Gasteiger partial charge in [-0.1, -0.05) is 60.7 Å². The Kier molecular flexibility index (Phi) is 21.3. The number of benzene rings is 2. The number of carboxylic acid groups (broad SMARTS) is 2. The molecule has 0 spiro atoms. The average molecular weight is 964 g/mol. The van der Waals surface area contributed by atoms with E-state index in [1.54, 1.807) is 60.7 Å². The molecule has 23 heteroatoms. The summed E-state index contributed by atoms with van der Waals surface area (Å²) >= 11 is 0. The van der Waals surface area contributed by atoms with E-state index in [1.807, 2.05) is 0 Å². The van der Waals surface area contributed by atoms with Crippen molar-refractivity contribution in [1.82, 2.24) is 36.0 Å². The molecule has 7 atom stereocenters. The van der Waals surface area contributed by atoms with Gasteiger partial charge in [0.2, 0.25) is 41.4 Å². The molecule has 5 rings (SSSR count). The third kappa shape index (κ3) is 16.6. The Labute approximate surface area is 399 Å². The molecule has 0 saturated carbocycles. The molecule has 3 aliphatic heterocycles. The molecule has 376 valence electrons. The van der Waals surface area contributed by atoms with Crippen LogP contribution in [0.1, 0.15) is 69.4 Å². The summed E-state index contributed by atoms with van der Waals surface area (Å²) in [5.41, 5.74) is 18.2. The molecule has 3 saturated heterocycles. The van der Waals surface area contributed by atoms with E-state index in [2.05, 4.69) is 26.3 Å². The summed E-state index contributed by atoms with van der Waals surface area (Å²) in [6.07, 6.45) is 3.23. The number of aliphatic imine (C=N–C) groups is 1.